The highest BCUT2D eigenvalue weighted by molar-refractivity contribution is 9.12. The van der Waals surface area contributed by atoms with Crippen molar-refractivity contribution >= 4 is 70.8 Å². The van der Waals surface area contributed by atoms with Crippen LogP contribution < -0.4 is 0 Å². The Bertz CT molecular complexity index is 154. The number of halogens is 3. The van der Waals surface area contributed by atoms with Gasteiger partial charge in [-0.05, 0) is 39.1 Å². The fourth-order valence-corrected chi connectivity index (χ4v) is 5.05. The van der Waals surface area contributed by atoms with Crippen molar-refractivity contribution in [1.82, 2.24) is 0 Å². The minimum Gasteiger partial charge on any atom is -0.338 e. The molecule has 0 atom stereocenters. The number of rotatable bonds is 5. The van der Waals surface area contributed by atoms with Crippen LogP contribution >= 0.6 is 66.2 Å². The monoisotopic (exact) mass is 286 g/mol. The number of carbonyl (C=O) groups is 1. The van der Waals surface area contributed by atoms with E-state index < -0.39 is 8.43 Å². The van der Waals surface area contributed by atoms with Crippen LogP contribution in [0.2, 0.25) is 0 Å². The molecule has 0 aromatic carbocycles. The molecule has 0 fully saturated rings. The third kappa shape index (κ3) is 8.16. The first-order valence-electron chi connectivity index (χ1n) is 2.71. The lowest BCUT2D eigenvalue weighted by atomic mass is 10.9. The van der Waals surface area contributed by atoms with Crippen LogP contribution in [-0.4, -0.2) is 15.0 Å². The van der Waals surface area contributed by atoms with Gasteiger partial charge in [-0.25, -0.2) is 0 Å². The normalized spacial score (nSPS) is 11.7. The van der Waals surface area contributed by atoms with E-state index in [4.69, 9.17) is 39.5 Å². The number of ether oxygens (including phenoxy) is 1. The van der Waals surface area contributed by atoms with E-state index in [1.807, 2.05) is 0 Å². The lowest BCUT2D eigenvalue weighted by Gasteiger charge is -2.15. The molecule has 2 nitrogen and oxygen atoms in total. The molecule has 0 bridgehead atoms. The molecule has 0 N–H and O–H groups in total. The van der Waals surface area contributed by atoms with Gasteiger partial charge < -0.3 is 4.74 Å². The Labute approximate surface area is 97.2 Å². The van der Waals surface area contributed by atoms with Crippen LogP contribution in [0.15, 0.2) is 0 Å². The molecule has 0 aromatic rings. The fraction of sp³-hybridized carbons (Fsp3) is 0.750. The predicted molar refractivity (Wildman–Crippen MR) is 60.1 cm³/mol. The molecule has 0 spiro atoms. The second-order valence-corrected chi connectivity index (χ2v) is 7.69. The first kappa shape index (κ1) is 13.5. The van der Waals surface area contributed by atoms with E-state index in [9.17, 15) is 4.79 Å². The Balaban J connectivity index is 3.53. The van der Waals surface area contributed by atoms with Gasteiger partial charge in [0, 0.05) is 17.4 Å². The van der Waals surface area contributed by atoms with Gasteiger partial charge in [-0.15, -0.1) is 0 Å². The molecule has 72 valence electrons. The molecule has 0 heterocycles. The third-order valence-corrected chi connectivity index (χ3v) is 5.65. The summed E-state index contributed by atoms with van der Waals surface area (Å²) < 4.78 is 3.08. The summed E-state index contributed by atoms with van der Waals surface area (Å²) in [5.74, 6) is 0. The van der Waals surface area contributed by atoms with Crippen LogP contribution in [0.3, 0.4) is 0 Å². The molecule has 0 aliphatic carbocycles. The van der Waals surface area contributed by atoms with Gasteiger partial charge in [0.05, 0.1) is 0 Å². The van der Waals surface area contributed by atoms with Crippen molar-refractivity contribution in [3.8, 4) is 0 Å². The molecule has 0 saturated carbocycles. The Morgan fingerprint density at radius 2 is 2.17 bits per heavy atom. The van der Waals surface area contributed by atoms with E-state index in [1.165, 1.54) is 0 Å². The zero-order valence-corrected chi connectivity index (χ0v) is 10.6. The van der Waals surface area contributed by atoms with E-state index >= 15 is 0 Å². The first-order valence-corrected chi connectivity index (χ1v) is 7.33. The highest BCUT2D eigenvalue weighted by Gasteiger charge is 2.26. The number of carbonyl (C=O) groups excluding carboxylic acids is 1. The average Bonchev–Trinajstić information content (AvgIpc) is 1.85. The molecule has 0 radical (unpaired) electrons. The van der Waals surface area contributed by atoms with Gasteiger partial charge in [0.25, 0.3) is 8.43 Å². The van der Waals surface area contributed by atoms with Crippen molar-refractivity contribution in [3.63, 3.8) is 0 Å². The minimum atomic E-state index is -1.32. The summed E-state index contributed by atoms with van der Waals surface area (Å²) in [7, 11) is 2.93. The Kier molecular flexibility index (Phi) is 7.82. The summed E-state index contributed by atoms with van der Waals surface area (Å²) in [5, 5.41) is 0. The summed E-state index contributed by atoms with van der Waals surface area (Å²) in [6, 6.07) is 0. The van der Waals surface area contributed by atoms with E-state index in [1.54, 1.807) is 6.92 Å². The molecule has 0 rings (SSSR count). The SMILES string of the molecule is CCOC(Cl)(Cl)SSSC(=O)Cl. The number of hydrogen-bond acceptors (Lipinski definition) is 5. The number of hydrogen-bond donors (Lipinski definition) is 0. The summed E-state index contributed by atoms with van der Waals surface area (Å²) in [6.07, 6.45) is 0. The first-order chi connectivity index (χ1) is 5.48. The predicted octanol–water partition coefficient (Wildman–Crippen LogP) is 4.50. The molecule has 0 amide bonds. The highest BCUT2D eigenvalue weighted by Crippen LogP contribution is 2.49. The molecule has 12 heavy (non-hydrogen) atoms. The molecular weight excluding hydrogens is 283 g/mol. The topological polar surface area (TPSA) is 26.3 Å². The Morgan fingerprint density at radius 1 is 1.58 bits per heavy atom. The van der Waals surface area contributed by atoms with Crippen LogP contribution in [0.5, 0.6) is 0 Å². The third-order valence-electron chi connectivity index (χ3n) is 0.543. The standard InChI is InChI=1S/C4H5Cl3O2S3/c1-2-9-4(6,7)11-12-10-3(5)8/h2H2,1H3. The summed E-state index contributed by atoms with van der Waals surface area (Å²) in [6.45, 7) is 2.17. The van der Waals surface area contributed by atoms with Gasteiger partial charge in [0.2, 0.25) is 0 Å². The maximum absolute atomic E-state index is 10.3. The maximum atomic E-state index is 10.3. The fourth-order valence-electron chi connectivity index (χ4n) is 0.275. The average molecular weight is 288 g/mol. The maximum Gasteiger partial charge on any atom is 0.290 e. The quantitative estimate of drug-likeness (QED) is 0.321. The summed E-state index contributed by atoms with van der Waals surface area (Å²) in [4.78, 5) is 10.3. The molecule has 8 heteroatoms. The molecule has 0 unspecified atom stereocenters. The second kappa shape index (κ2) is 6.92. The zero-order valence-electron chi connectivity index (χ0n) is 5.88. The molecule has 0 saturated heterocycles. The zero-order chi connectivity index (χ0) is 9.61. The Morgan fingerprint density at radius 3 is 2.58 bits per heavy atom. The van der Waals surface area contributed by atoms with Gasteiger partial charge in [-0.3, -0.25) is 4.79 Å². The van der Waals surface area contributed by atoms with Gasteiger partial charge in [-0.2, -0.15) is 0 Å². The Hall–Kier alpha value is 1.55. The summed E-state index contributed by atoms with van der Waals surface area (Å²) in [5.41, 5.74) is 0. The van der Waals surface area contributed by atoms with Crippen molar-refractivity contribution in [1.29, 1.82) is 0 Å². The molecule has 0 aliphatic rings. The van der Waals surface area contributed by atoms with E-state index in [2.05, 4.69) is 0 Å². The van der Waals surface area contributed by atoms with Gasteiger partial charge in [0.1, 0.15) is 0 Å². The van der Waals surface area contributed by atoms with Crippen molar-refractivity contribution < 1.29 is 9.53 Å². The van der Waals surface area contributed by atoms with Crippen LogP contribution in [0.1, 0.15) is 6.92 Å². The molecule has 0 aromatic heterocycles. The van der Waals surface area contributed by atoms with E-state index in [-0.39, 0.29) is 0 Å². The van der Waals surface area contributed by atoms with E-state index in [0.717, 1.165) is 31.4 Å². The number of alkyl halides is 2. The van der Waals surface area contributed by atoms with Crippen molar-refractivity contribution in [3.05, 3.63) is 0 Å². The van der Waals surface area contributed by atoms with Crippen molar-refractivity contribution in [2.24, 2.45) is 0 Å². The lowest BCUT2D eigenvalue weighted by molar-refractivity contribution is 0.149. The minimum absolute atomic E-state index is 0.403. The van der Waals surface area contributed by atoms with Gasteiger partial charge >= 0.3 is 0 Å². The largest absolute Gasteiger partial charge is 0.338 e. The van der Waals surface area contributed by atoms with Crippen LogP contribution in [0.4, 0.5) is 4.79 Å². The van der Waals surface area contributed by atoms with Crippen LogP contribution in [-0.2, 0) is 4.74 Å². The molecule has 0 aliphatic heterocycles. The van der Waals surface area contributed by atoms with Crippen LogP contribution in [0, 0.1) is 0 Å². The van der Waals surface area contributed by atoms with Crippen molar-refractivity contribution in [2.45, 2.75) is 10.8 Å². The van der Waals surface area contributed by atoms with Gasteiger partial charge in [-0.1, -0.05) is 23.2 Å². The van der Waals surface area contributed by atoms with Crippen LogP contribution in [0.25, 0.3) is 0 Å². The lowest BCUT2D eigenvalue weighted by Crippen LogP contribution is -2.10. The molecular formula is C4H5Cl3O2S3. The summed E-state index contributed by atoms with van der Waals surface area (Å²) >= 11 is 16.3. The van der Waals surface area contributed by atoms with Crippen molar-refractivity contribution in [2.75, 3.05) is 6.61 Å². The smallest absolute Gasteiger partial charge is 0.290 e. The van der Waals surface area contributed by atoms with E-state index in [0.29, 0.717) is 6.61 Å². The van der Waals surface area contributed by atoms with Gasteiger partial charge in [0.15, 0.2) is 0 Å². The second-order valence-electron chi connectivity index (χ2n) is 1.37. The highest BCUT2D eigenvalue weighted by atomic mass is 35.5.